The molecule has 1 rings (SSSR count). The maximum Gasteiger partial charge on any atom is 0.322 e. The third-order valence-corrected chi connectivity index (χ3v) is 4.27. The Labute approximate surface area is 178 Å². The van der Waals surface area contributed by atoms with Gasteiger partial charge in [-0.25, -0.2) is 0 Å². The monoisotopic (exact) mass is 439 g/mol. The van der Waals surface area contributed by atoms with Gasteiger partial charge < -0.3 is 32.5 Å². The molecule has 164 valence electrons. The van der Waals surface area contributed by atoms with E-state index < -0.39 is 60.7 Å². The number of aliphatic carboxylic acids is 1. The molecule has 1 aromatic rings. The Balaban J connectivity index is 2.73. The minimum atomic E-state index is -1.41. The summed E-state index contributed by atoms with van der Waals surface area (Å²) in [6.45, 7) is -0.703. The van der Waals surface area contributed by atoms with Crippen molar-refractivity contribution < 1.29 is 29.1 Å². The van der Waals surface area contributed by atoms with E-state index in [-0.39, 0.29) is 12.2 Å². The van der Waals surface area contributed by atoms with Gasteiger partial charge in [0.1, 0.15) is 18.6 Å². The molecule has 0 bridgehead atoms. The van der Waals surface area contributed by atoms with Crippen LogP contribution in [0, 0.1) is 0 Å². The Hall–Kier alpha value is -3.12. The summed E-state index contributed by atoms with van der Waals surface area (Å²) in [4.78, 5) is 58.6. The summed E-state index contributed by atoms with van der Waals surface area (Å²) in [5.74, 6) is -4.62. The van der Waals surface area contributed by atoms with Crippen LogP contribution >= 0.6 is 12.6 Å². The standard InChI is InChI=1S/C18H25N5O6S/c19-11(6-10-4-2-1-3-5-10)16(27)23-13(9-30)18(29)22-12(7-14(20)24)17(28)21-8-15(25)26/h1-5,11-13,30H,6-9,19H2,(H2,20,24)(H,21,28)(H,22,29)(H,23,27)(H,25,26). The average Bonchev–Trinajstić information content (AvgIpc) is 2.69. The average molecular weight is 439 g/mol. The Morgan fingerprint density at radius 2 is 1.57 bits per heavy atom. The van der Waals surface area contributed by atoms with E-state index in [1.165, 1.54) is 0 Å². The van der Waals surface area contributed by atoms with Crippen LogP contribution < -0.4 is 27.4 Å². The highest BCUT2D eigenvalue weighted by Gasteiger charge is 2.28. The molecule has 3 atom stereocenters. The first kappa shape index (κ1) is 24.9. The van der Waals surface area contributed by atoms with Gasteiger partial charge in [0.15, 0.2) is 0 Å². The van der Waals surface area contributed by atoms with Crippen molar-refractivity contribution in [2.24, 2.45) is 11.5 Å². The van der Waals surface area contributed by atoms with Gasteiger partial charge in [-0.2, -0.15) is 12.6 Å². The molecule has 4 amide bonds. The normalized spacial score (nSPS) is 13.4. The third kappa shape index (κ3) is 8.92. The Bertz CT molecular complexity index is 776. The second kappa shape index (κ2) is 12.4. The predicted molar refractivity (Wildman–Crippen MR) is 110 cm³/mol. The molecule has 0 aliphatic carbocycles. The van der Waals surface area contributed by atoms with Crippen molar-refractivity contribution in [3.63, 3.8) is 0 Å². The number of carbonyl (C=O) groups excluding carboxylic acids is 4. The number of carbonyl (C=O) groups is 5. The Morgan fingerprint density at radius 3 is 2.10 bits per heavy atom. The van der Waals surface area contributed by atoms with E-state index in [2.05, 4.69) is 23.3 Å². The van der Waals surface area contributed by atoms with Crippen LogP contribution in [0.25, 0.3) is 0 Å². The van der Waals surface area contributed by atoms with Crippen LogP contribution in [0.15, 0.2) is 30.3 Å². The first-order chi connectivity index (χ1) is 14.1. The summed E-state index contributed by atoms with van der Waals surface area (Å²) in [6, 6.07) is 5.56. The van der Waals surface area contributed by atoms with E-state index in [4.69, 9.17) is 16.6 Å². The smallest absolute Gasteiger partial charge is 0.322 e. The molecule has 3 unspecified atom stereocenters. The number of thiol groups is 1. The van der Waals surface area contributed by atoms with E-state index in [1.807, 2.05) is 11.4 Å². The lowest BCUT2D eigenvalue weighted by Crippen LogP contribution is -2.57. The van der Waals surface area contributed by atoms with Gasteiger partial charge in [0.05, 0.1) is 12.5 Å². The summed E-state index contributed by atoms with van der Waals surface area (Å²) >= 11 is 4.02. The van der Waals surface area contributed by atoms with Crippen molar-refractivity contribution in [3.05, 3.63) is 35.9 Å². The molecule has 0 radical (unpaired) electrons. The minimum absolute atomic E-state index is 0.115. The van der Waals surface area contributed by atoms with Crippen LogP contribution in [0.3, 0.4) is 0 Å². The molecular formula is C18H25N5O6S. The van der Waals surface area contributed by atoms with Gasteiger partial charge in [-0.15, -0.1) is 0 Å². The molecule has 12 heteroatoms. The molecule has 0 aromatic heterocycles. The van der Waals surface area contributed by atoms with Crippen molar-refractivity contribution in [1.82, 2.24) is 16.0 Å². The molecule has 0 saturated heterocycles. The predicted octanol–water partition coefficient (Wildman–Crippen LogP) is -2.47. The first-order valence-corrected chi connectivity index (χ1v) is 9.56. The van der Waals surface area contributed by atoms with Crippen molar-refractivity contribution in [3.8, 4) is 0 Å². The van der Waals surface area contributed by atoms with Crippen molar-refractivity contribution in [1.29, 1.82) is 0 Å². The van der Waals surface area contributed by atoms with Gasteiger partial charge in [0, 0.05) is 5.75 Å². The van der Waals surface area contributed by atoms with E-state index in [9.17, 15) is 24.0 Å². The number of nitrogens with one attached hydrogen (secondary N) is 3. The second-order valence-electron chi connectivity index (χ2n) is 6.38. The largest absolute Gasteiger partial charge is 0.480 e. The number of hydrogen-bond acceptors (Lipinski definition) is 7. The third-order valence-electron chi connectivity index (χ3n) is 3.90. The highest BCUT2D eigenvalue weighted by atomic mass is 32.1. The lowest BCUT2D eigenvalue weighted by molar-refractivity contribution is -0.138. The van der Waals surface area contributed by atoms with Crippen LogP contribution in [0.2, 0.25) is 0 Å². The van der Waals surface area contributed by atoms with Gasteiger partial charge in [-0.1, -0.05) is 30.3 Å². The molecule has 0 aliphatic heterocycles. The zero-order valence-corrected chi connectivity index (χ0v) is 16.9. The lowest BCUT2D eigenvalue weighted by atomic mass is 10.1. The molecule has 8 N–H and O–H groups in total. The number of rotatable bonds is 12. The van der Waals surface area contributed by atoms with Crippen LogP contribution in [-0.4, -0.2) is 65.1 Å². The highest BCUT2D eigenvalue weighted by Crippen LogP contribution is 2.03. The molecular weight excluding hydrogens is 414 g/mol. The summed E-state index contributed by atoms with van der Waals surface area (Å²) in [5, 5.41) is 15.4. The number of primary amides is 1. The van der Waals surface area contributed by atoms with Gasteiger partial charge in [-0.3, -0.25) is 24.0 Å². The van der Waals surface area contributed by atoms with E-state index in [1.54, 1.807) is 24.3 Å². The van der Waals surface area contributed by atoms with Gasteiger partial charge in [0.25, 0.3) is 0 Å². The summed E-state index contributed by atoms with van der Waals surface area (Å²) in [7, 11) is 0. The van der Waals surface area contributed by atoms with Gasteiger partial charge >= 0.3 is 5.97 Å². The summed E-state index contributed by atoms with van der Waals surface area (Å²) in [6.07, 6.45) is -0.312. The SMILES string of the molecule is NC(=O)CC(NC(=O)C(CS)NC(=O)C(N)Cc1ccccc1)C(=O)NCC(=O)O. The Morgan fingerprint density at radius 1 is 0.967 bits per heavy atom. The zero-order chi connectivity index (χ0) is 22.7. The summed E-state index contributed by atoms with van der Waals surface area (Å²) in [5.41, 5.74) is 11.8. The molecule has 0 saturated carbocycles. The van der Waals surface area contributed by atoms with Crippen LogP contribution in [0.1, 0.15) is 12.0 Å². The lowest BCUT2D eigenvalue weighted by Gasteiger charge is -2.22. The minimum Gasteiger partial charge on any atom is -0.480 e. The molecule has 0 aliphatic rings. The van der Waals surface area contributed by atoms with Crippen LogP contribution in [0.5, 0.6) is 0 Å². The van der Waals surface area contributed by atoms with Crippen molar-refractivity contribution in [2.75, 3.05) is 12.3 Å². The molecule has 0 spiro atoms. The number of benzene rings is 1. The van der Waals surface area contributed by atoms with Gasteiger partial charge in [-0.05, 0) is 12.0 Å². The molecule has 30 heavy (non-hydrogen) atoms. The summed E-state index contributed by atoms with van der Waals surface area (Å²) < 4.78 is 0. The van der Waals surface area contributed by atoms with Crippen LogP contribution in [0.4, 0.5) is 0 Å². The molecule has 1 aromatic carbocycles. The Kier molecular flexibility index (Phi) is 10.3. The fourth-order valence-corrected chi connectivity index (χ4v) is 2.66. The van der Waals surface area contributed by atoms with Crippen molar-refractivity contribution in [2.45, 2.75) is 31.0 Å². The maximum atomic E-state index is 12.5. The molecule has 11 nitrogen and oxygen atoms in total. The zero-order valence-electron chi connectivity index (χ0n) is 16.0. The second-order valence-corrected chi connectivity index (χ2v) is 6.75. The highest BCUT2D eigenvalue weighted by molar-refractivity contribution is 7.80. The van der Waals surface area contributed by atoms with Crippen LogP contribution in [-0.2, 0) is 30.4 Å². The first-order valence-electron chi connectivity index (χ1n) is 8.93. The van der Waals surface area contributed by atoms with Gasteiger partial charge in [0.2, 0.25) is 23.6 Å². The number of nitrogens with two attached hydrogens (primary N) is 2. The van der Waals surface area contributed by atoms with E-state index in [0.29, 0.717) is 0 Å². The van der Waals surface area contributed by atoms with Crippen molar-refractivity contribution >= 4 is 42.2 Å². The van der Waals surface area contributed by atoms with E-state index in [0.717, 1.165) is 5.56 Å². The maximum absolute atomic E-state index is 12.5. The quantitative estimate of drug-likeness (QED) is 0.175. The number of carboxylic acid groups (broad SMARTS) is 1. The fraction of sp³-hybridized carbons (Fsp3) is 0.389. The topological polar surface area (TPSA) is 194 Å². The number of hydrogen-bond donors (Lipinski definition) is 7. The fourth-order valence-electron chi connectivity index (χ4n) is 2.40. The number of amides is 4. The number of carboxylic acids is 1. The molecule has 0 fully saturated rings. The molecule has 0 heterocycles. The van der Waals surface area contributed by atoms with E-state index >= 15 is 0 Å².